The molecule has 1 heterocycles. The zero-order chi connectivity index (χ0) is 17.5. The number of carbonyl (C=O) groups excluding carboxylic acids is 2. The standard InChI is InChI=1S/C14H18F3N3O3/c1-10(2)19-11-5-3-4-8-20(11)12(21)6-7-18-13(22)23-9-14(15,16)17/h3-5,8,10H,6-7,9H2,1-2H3,(H,18,22). The lowest BCUT2D eigenvalue weighted by Gasteiger charge is -2.10. The molecule has 128 valence electrons. The van der Waals surface area contributed by atoms with Crippen LogP contribution in [0.5, 0.6) is 0 Å². The summed E-state index contributed by atoms with van der Waals surface area (Å²) >= 11 is 0. The molecule has 1 aromatic heterocycles. The van der Waals surface area contributed by atoms with Crippen LogP contribution >= 0.6 is 0 Å². The molecule has 0 saturated carbocycles. The Hall–Kier alpha value is -2.32. The Kier molecular flexibility index (Phi) is 6.80. The van der Waals surface area contributed by atoms with E-state index in [0.29, 0.717) is 5.49 Å². The van der Waals surface area contributed by atoms with E-state index in [2.05, 4.69) is 15.0 Å². The molecule has 0 aliphatic rings. The highest BCUT2D eigenvalue weighted by Gasteiger charge is 2.29. The fraction of sp³-hybridized carbons (Fsp3) is 0.500. The van der Waals surface area contributed by atoms with Gasteiger partial charge in [-0.15, -0.1) is 0 Å². The summed E-state index contributed by atoms with van der Waals surface area (Å²) in [7, 11) is 0. The van der Waals surface area contributed by atoms with E-state index in [-0.39, 0.29) is 24.9 Å². The maximum Gasteiger partial charge on any atom is 0.422 e. The van der Waals surface area contributed by atoms with Crippen molar-refractivity contribution in [1.29, 1.82) is 0 Å². The van der Waals surface area contributed by atoms with Crippen LogP contribution < -0.4 is 10.8 Å². The third-order valence-corrected chi connectivity index (χ3v) is 2.47. The number of halogens is 3. The highest BCUT2D eigenvalue weighted by molar-refractivity contribution is 5.79. The summed E-state index contributed by atoms with van der Waals surface area (Å²) in [5.41, 5.74) is 0.465. The lowest BCUT2D eigenvalue weighted by atomic mass is 10.3. The average Bonchev–Trinajstić information content (AvgIpc) is 2.44. The summed E-state index contributed by atoms with van der Waals surface area (Å²) in [4.78, 5) is 27.4. The topological polar surface area (TPSA) is 72.7 Å². The number of nitrogens with zero attached hydrogens (tertiary/aromatic N) is 2. The minimum Gasteiger partial charge on any atom is -0.440 e. The Morgan fingerprint density at radius 3 is 2.65 bits per heavy atom. The van der Waals surface area contributed by atoms with Gasteiger partial charge in [0.05, 0.1) is 0 Å². The maximum absolute atomic E-state index is 12.1. The third kappa shape index (κ3) is 7.48. The SMILES string of the molecule is CC(C)N=c1ccccn1C(=O)CCNC(=O)OCC(F)(F)F. The Labute approximate surface area is 131 Å². The average molecular weight is 333 g/mol. The number of ether oxygens (including phenoxy) is 1. The number of alkyl halides is 3. The van der Waals surface area contributed by atoms with E-state index >= 15 is 0 Å². The minimum absolute atomic E-state index is 0.00748. The Bertz CT molecular complexity index is 609. The monoisotopic (exact) mass is 333 g/mol. The summed E-state index contributed by atoms with van der Waals surface area (Å²) in [6.07, 6.45) is -4.37. The number of nitrogens with one attached hydrogen (secondary N) is 1. The number of alkyl carbamates (subject to hydrolysis) is 1. The predicted molar refractivity (Wildman–Crippen MR) is 75.8 cm³/mol. The number of hydrogen-bond acceptors (Lipinski definition) is 4. The molecular weight excluding hydrogens is 315 g/mol. The van der Waals surface area contributed by atoms with Crippen LogP contribution in [0.25, 0.3) is 0 Å². The number of hydrogen-bond donors (Lipinski definition) is 1. The number of amides is 1. The summed E-state index contributed by atoms with van der Waals surface area (Å²) in [6, 6.07) is 5.05. The lowest BCUT2D eigenvalue weighted by molar-refractivity contribution is -0.160. The van der Waals surface area contributed by atoms with Crippen molar-refractivity contribution < 1.29 is 27.5 Å². The molecule has 23 heavy (non-hydrogen) atoms. The highest BCUT2D eigenvalue weighted by Crippen LogP contribution is 2.14. The summed E-state index contributed by atoms with van der Waals surface area (Å²) in [5.74, 6) is -0.346. The van der Waals surface area contributed by atoms with Crippen molar-refractivity contribution in [2.24, 2.45) is 4.99 Å². The van der Waals surface area contributed by atoms with E-state index in [1.165, 1.54) is 10.8 Å². The van der Waals surface area contributed by atoms with Gasteiger partial charge < -0.3 is 10.1 Å². The largest absolute Gasteiger partial charge is 0.440 e. The van der Waals surface area contributed by atoms with E-state index in [4.69, 9.17) is 0 Å². The van der Waals surface area contributed by atoms with Gasteiger partial charge >= 0.3 is 12.3 Å². The van der Waals surface area contributed by atoms with Crippen LogP contribution in [0.3, 0.4) is 0 Å². The van der Waals surface area contributed by atoms with Crippen LogP contribution in [0.4, 0.5) is 18.0 Å². The zero-order valence-corrected chi connectivity index (χ0v) is 12.8. The van der Waals surface area contributed by atoms with Gasteiger partial charge in [0.1, 0.15) is 5.49 Å². The normalized spacial score (nSPS) is 12.3. The molecule has 1 N–H and O–H groups in total. The van der Waals surface area contributed by atoms with Crippen LogP contribution in [0.2, 0.25) is 0 Å². The first-order chi connectivity index (χ1) is 10.7. The molecule has 0 aromatic carbocycles. The third-order valence-electron chi connectivity index (χ3n) is 2.47. The van der Waals surface area contributed by atoms with E-state index in [0.717, 1.165) is 0 Å². The van der Waals surface area contributed by atoms with Crippen molar-refractivity contribution in [2.45, 2.75) is 32.5 Å². The second-order valence-electron chi connectivity index (χ2n) is 4.91. The Morgan fingerprint density at radius 2 is 2.04 bits per heavy atom. The van der Waals surface area contributed by atoms with Crippen LogP contribution in [0, 0.1) is 0 Å². The molecule has 0 bridgehead atoms. The number of rotatable bonds is 5. The second kappa shape index (κ2) is 8.35. The number of aromatic nitrogens is 1. The molecule has 0 atom stereocenters. The van der Waals surface area contributed by atoms with E-state index < -0.39 is 18.9 Å². The van der Waals surface area contributed by atoms with Gasteiger partial charge in [-0.1, -0.05) is 6.07 Å². The molecule has 0 radical (unpaired) electrons. The molecule has 1 aromatic rings. The molecule has 0 aliphatic heterocycles. The molecule has 0 spiro atoms. The molecule has 0 fully saturated rings. The van der Waals surface area contributed by atoms with Gasteiger partial charge in [0.2, 0.25) is 5.91 Å². The molecule has 1 amide bonds. The summed E-state index contributed by atoms with van der Waals surface area (Å²) in [5, 5.41) is 2.09. The van der Waals surface area contributed by atoms with Crippen LogP contribution in [-0.2, 0) is 4.74 Å². The minimum atomic E-state index is -4.58. The molecule has 6 nitrogen and oxygen atoms in total. The van der Waals surface area contributed by atoms with E-state index in [9.17, 15) is 22.8 Å². The molecular formula is C14H18F3N3O3. The number of carbonyl (C=O) groups is 2. The van der Waals surface area contributed by atoms with Crippen LogP contribution in [0.15, 0.2) is 29.4 Å². The molecule has 1 rings (SSSR count). The van der Waals surface area contributed by atoms with Crippen molar-refractivity contribution in [3.8, 4) is 0 Å². The zero-order valence-electron chi connectivity index (χ0n) is 12.8. The smallest absolute Gasteiger partial charge is 0.422 e. The first kappa shape index (κ1) is 18.7. The van der Waals surface area contributed by atoms with Gasteiger partial charge in [-0.05, 0) is 26.0 Å². The Morgan fingerprint density at radius 1 is 1.35 bits per heavy atom. The summed E-state index contributed by atoms with van der Waals surface area (Å²) < 4.78 is 40.9. The van der Waals surface area contributed by atoms with Gasteiger partial charge in [0, 0.05) is 25.2 Å². The van der Waals surface area contributed by atoms with Gasteiger partial charge in [0.25, 0.3) is 0 Å². The van der Waals surface area contributed by atoms with Gasteiger partial charge in [-0.2, -0.15) is 13.2 Å². The van der Waals surface area contributed by atoms with Crippen LogP contribution in [-0.4, -0.2) is 41.9 Å². The van der Waals surface area contributed by atoms with E-state index in [1.807, 2.05) is 13.8 Å². The van der Waals surface area contributed by atoms with E-state index in [1.54, 1.807) is 18.2 Å². The van der Waals surface area contributed by atoms with Crippen molar-refractivity contribution in [3.63, 3.8) is 0 Å². The lowest BCUT2D eigenvalue weighted by Crippen LogP contribution is -2.33. The molecule has 0 saturated heterocycles. The molecule has 9 heteroatoms. The van der Waals surface area contributed by atoms with Crippen molar-refractivity contribution in [2.75, 3.05) is 13.2 Å². The first-order valence-electron chi connectivity index (χ1n) is 6.91. The Balaban J connectivity index is 2.54. The summed E-state index contributed by atoms with van der Waals surface area (Å²) in [6.45, 7) is 1.91. The second-order valence-corrected chi connectivity index (χ2v) is 4.91. The molecule has 0 aliphatic carbocycles. The van der Waals surface area contributed by atoms with Crippen molar-refractivity contribution >= 4 is 12.0 Å². The van der Waals surface area contributed by atoms with Crippen LogP contribution in [0.1, 0.15) is 25.1 Å². The predicted octanol–water partition coefficient (Wildman–Crippen LogP) is 2.12. The van der Waals surface area contributed by atoms with Crippen molar-refractivity contribution in [1.82, 2.24) is 9.88 Å². The first-order valence-corrected chi connectivity index (χ1v) is 6.91. The quantitative estimate of drug-likeness (QED) is 0.897. The molecule has 0 unspecified atom stereocenters. The van der Waals surface area contributed by atoms with Gasteiger partial charge in [-0.25, -0.2) is 4.79 Å². The van der Waals surface area contributed by atoms with Crippen molar-refractivity contribution in [3.05, 3.63) is 29.9 Å². The fourth-order valence-corrected chi connectivity index (χ4v) is 1.61. The van der Waals surface area contributed by atoms with Gasteiger partial charge in [0.15, 0.2) is 6.61 Å². The highest BCUT2D eigenvalue weighted by atomic mass is 19.4. The van der Waals surface area contributed by atoms with Gasteiger partial charge in [-0.3, -0.25) is 14.4 Å². The number of pyridine rings is 1. The maximum atomic E-state index is 12.1. The fourth-order valence-electron chi connectivity index (χ4n) is 1.61.